The van der Waals surface area contributed by atoms with Crippen LogP contribution in [0.5, 0.6) is 0 Å². The molecule has 2 unspecified atom stereocenters. The van der Waals surface area contributed by atoms with Crippen molar-refractivity contribution in [3.05, 3.63) is 35.9 Å². The maximum atomic E-state index is 4.86. The molecule has 0 aliphatic carbocycles. The Bertz CT molecular complexity index is 618. The van der Waals surface area contributed by atoms with E-state index in [1.54, 1.807) is 0 Å². The minimum Gasteiger partial charge on any atom is -0.357 e. The Balaban J connectivity index is 0.00000512. The van der Waals surface area contributed by atoms with Crippen LogP contribution in [0, 0.1) is 5.92 Å². The zero-order valence-corrected chi connectivity index (χ0v) is 23.3. The van der Waals surface area contributed by atoms with Gasteiger partial charge in [0, 0.05) is 64.9 Å². The van der Waals surface area contributed by atoms with Crippen molar-refractivity contribution in [3.8, 4) is 0 Å². The van der Waals surface area contributed by atoms with Crippen molar-refractivity contribution in [2.45, 2.75) is 46.7 Å². The van der Waals surface area contributed by atoms with E-state index in [1.807, 2.05) is 0 Å². The number of benzene rings is 1. The summed E-state index contributed by atoms with van der Waals surface area (Å²) in [6, 6.07) is 11.2. The van der Waals surface area contributed by atoms with Crippen LogP contribution in [0.2, 0.25) is 0 Å². The van der Waals surface area contributed by atoms with Crippen LogP contribution in [0.25, 0.3) is 0 Å². The van der Waals surface area contributed by atoms with Gasteiger partial charge < -0.3 is 20.4 Å². The topological polar surface area (TPSA) is 46.1 Å². The molecule has 0 spiro atoms. The number of hydrogen-bond acceptors (Lipinski definition) is 4. The van der Waals surface area contributed by atoms with Crippen LogP contribution in [0.4, 0.5) is 0 Å². The Morgan fingerprint density at radius 3 is 2.31 bits per heavy atom. The lowest BCUT2D eigenvalue weighted by Gasteiger charge is -2.35. The monoisotopic (exact) mass is 558 g/mol. The van der Waals surface area contributed by atoms with Crippen molar-refractivity contribution in [1.82, 2.24) is 25.3 Å². The Morgan fingerprint density at radius 2 is 1.69 bits per heavy atom. The summed E-state index contributed by atoms with van der Waals surface area (Å²) in [6.07, 6.45) is 1.09. The standard InChI is InChI=1S/C25H46N6.HI/c1-6-26-25(28-19-22(3)20-31-17-15-30(7-2)16-18-31)27-14-13-23(4)29(5)21-24-11-9-8-10-12-24;/h8-12,22-23H,6-7,13-21H2,1-5H3,(H2,26,27,28);1H. The molecular formula is C25H47IN6. The first-order valence-electron chi connectivity index (χ1n) is 12.2. The van der Waals surface area contributed by atoms with Crippen molar-refractivity contribution in [2.75, 3.05) is 66.0 Å². The van der Waals surface area contributed by atoms with Gasteiger partial charge >= 0.3 is 0 Å². The third-order valence-electron chi connectivity index (χ3n) is 6.27. The van der Waals surface area contributed by atoms with Gasteiger partial charge in [-0.2, -0.15) is 0 Å². The quantitative estimate of drug-likeness (QED) is 0.234. The molecule has 0 bridgehead atoms. The van der Waals surface area contributed by atoms with E-state index in [4.69, 9.17) is 4.99 Å². The second-order valence-corrected chi connectivity index (χ2v) is 9.02. The lowest BCUT2D eigenvalue weighted by Crippen LogP contribution is -2.47. The molecule has 1 aliphatic rings. The average molecular weight is 559 g/mol. The van der Waals surface area contributed by atoms with Crippen LogP contribution in [-0.4, -0.2) is 92.7 Å². The van der Waals surface area contributed by atoms with E-state index in [0.717, 1.165) is 45.1 Å². The van der Waals surface area contributed by atoms with Crippen molar-refractivity contribution in [1.29, 1.82) is 0 Å². The predicted octanol–water partition coefficient (Wildman–Crippen LogP) is 3.34. The third-order valence-corrected chi connectivity index (χ3v) is 6.27. The molecule has 0 aromatic heterocycles. The number of nitrogens with one attached hydrogen (secondary N) is 2. The van der Waals surface area contributed by atoms with Crippen molar-refractivity contribution in [2.24, 2.45) is 10.9 Å². The molecule has 2 rings (SSSR count). The summed E-state index contributed by atoms with van der Waals surface area (Å²) in [5, 5.41) is 6.94. The molecule has 184 valence electrons. The highest BCUT2D eigenvalue weighted by Gasteiger charge is 2.17. The van der Waals surface area contributed by atoms with Crippen LogP contribution < -0.4 is 10.6 Å². The van der Waals surface area contributed by atoms with Gasteiger partial charge in [0.2, 0.25) is 0 Å². The predicted molar refractivity (Wildman–Crippen MR) is 149 cm³/mol. The fraction of sp³-hybridized carbons (Fsp3) is 0.720. The number of aliphatic imine (C=N–C) groups is 1. The van der Waals surface area contributed by atoms with Gasteiger partial charge in [-0.05, 0) is 45.3 Å². The molecule has 7 heteroatoms. The van der Waals surface area contributed by atoms with E-state index in [-0.39, 0.29) is 24.0 Å². The van der Waals surface area contributed by atoms with E-state index >= 15 is 0 Å². The summed E-state index contributed by atoms with van der Waals surface area (Å²) in [7, 11) is 2.21. The molecule has 1 fully saturated rings. The second kappa shape index (κ2) is 16.7. The van der Waals surface area contributed by atoms with Gasteiger partial charge in [0.05, 0.1) is 0 Å². The van der Waals surface area contributed by atoms with Gasteiger partial charge in [-0.25, -0.2) is 0 Å². The fourth-order valence-corrected chi connectivity index (χ4v) is 4.02. The van der Waals surface area contributed by atoms with E-state index < -0.39 is 0 Å². The van der Waals surface area contributed by atoms with Crippen LogP contribution in [0.3, 0.4) is 0 Å². The molecule has 0 amide bonds. The molecule has 2 N–H and O–H groups in total. The van der Waals surface area contributed by atoms with E-state index in [9.17, 15) is 0 Å². The molecule has 1 saturated heterocycles. The minimum absolute atomic E-state index is 0. The zero-order chi connectivity index (χ0) is 22.5. The summed E-state index contributed by atoms with van der Waals surface area (Å²) in [5.41, 5.74) is 1.37. The molecular weight excluding hydrogens is 511 g/mol. The fourth-order valence-electron chi connectivity index (χ4n) is 4.02. The average Bonchev–Trinajstić information content (AvgIpc) is 2.78. The minimum atomic E-state index is 0. The number of halogens is 1. The van der Waals surface area contributed by atoms with Crippen LogP contribution in [-0.2, 0) is 6.54 Å². The number of piperazine rings is 1. The van der Waals surface area contributed by atoms with E-state index in [0.29, 0.717) is 12.0 Å². The number of likely N-dealkylation sites (N-methyl/N-ethyl adjacent to an activating group) is 1. The van der Waals surface area contributed by atoms with Gasteiger partial charge in [0.1, 0.15) is 0 Å². The molecule has 0 radical (unpaired) electrons. The summed E-state index contributed by atoms with van der Waals surface area (Å²) in [5.74, 6) is 1.52. The zero-order valence-electron chi connectivity index (χ0n) is 21.0. The van der Waals surface area contributed by atoms with Crippen LogP contribution >= 0.6 is 24.0 Å². The molecule has 6 nitrogen and oxygen atoms in total. The molecule has 1 heterocycles. The highest BCUT2D eigenvalue weighted by molar-refractivity contribution is 14.0. The van der Waals surface area contributed by atoms with Gasteiger partial charge in [-0.3, -0.25) is 9.89 Å². The summed E-state index contributed by atoms with van der Waals surface area (Å²) in [4.78, 5) is 12.4. The van der Waals surface area contributed by atoms with Gasteiger partial charge in [0.15, 0.2) is 5.96 Å². The lowest BCUT2D eigenvalue weighted by atomic mass is 10.1. The number of nitrogens with zero attached hydrogens (tertiary/aromatic N) is 4. The summed E-state index contributed by atoms with van der Waals surface area (Å²) >= 11 is 0. The normalized spacial score (nSPS) is 17.6. The highest BCUT2D eigenvalue weighted by atomic mass is 127. The molecule has 1 aliphatic heterocycles. The first-order chi connectivity index (χ1) is 15.0. The Hall–Kier alpha value is -0.900. The summed E-state index contributed by atoms with van der Waals surface area (Å²) < 4.78 is 0. The highest BCUT2D eigenvalue weighted by Crippen LogP contribution is 2.08. The smallest absolute Gasteiger partial charge is 0.191 e. The number of rotatable bonds is 12. The molecule has 2 atom stereocenters. The third kappa shape index (κ3) is 11.3. The first-order valence-corrected chi connectivity index (χ1v) is 12.2. The van der Waals surface area contributed by atoms with Gasteiger partial charge in [-0.15, -0.1) is 24.0 Å². The van der Waals surface area contributed by atoms with Crippen molar-refractivity contribution >= 4 is 29.9 Å². The van der Waals surface area contributed by atoms with Crippen molar-refractivity contribution < 1.29 is 0 Å². The molecule has 1 aromatic rings. The van der Waals surface area contributed by atoms with Gasteiger partial charge in [-0.1, -0.05) is 44.2 Å². The lowest BCUT2D eigenvalue weighted by molar-refractivity contribution is 0.125. The van der Waals surface area contributed by atoms with Gasteiger partial charge in [0.25, 0.3) is 0 Å². The Morgan fingerprint density at radius 1 is 1.03 bits per heavy atom. The largest absolute Gasteiger partial charge is 0.357 e. The molecule has 1 aromatic carbocycles. The second-order valence-electron chi connectivity index (χ2n) is 9.02. The maximum Gasteiger partial charge on any atom is 0.191 e. The van der Waals surface area contributed by atoms with Crippen molar-refractivity contribution in [3.63, 3.8) is 0 Å². The summed E-state index contributed by atoms with van der Waals surface area (Å²) in [6.45, 7) is 19.8. The van der Waals surface area contributed by atoms with E-state index in [1.165, 1.54) is 38.3 Å². The SMILES string of the molecule is CCNC(=NCC(C)CN1CCN(CC)CC1)NCCC(C)N(C)Cc1ccccc1.I. The maximum absolute atomic E-state index is 4.86. The van der Waals surface area contributed by atoms with Crippen LogP contribution in [0.1, 0.15) is 39.7 Å². The number of hydrogen-bond donors (Lipinski definition) is 2. The number of guanidine groups is 1. The van der Waals surface area contributed by atoms with Crippen LogP contribution in [0.15, 0.2) is 35.3 Å². The molecule has 0 saturated carbocycles. The Kier molecular flexibility index (Phi) is 15.2. The Labute approximate surface area is 214 Å². The first kappa shape index (κ1) is 29.1. The molecule has 32 heavy (non-hydrogen) atoms. The van der Waals surface area contributed by atoms with E-state index in [2.05, 4.69) is 90.4 Å².